The smallest absolute Gasteiger partial charge is 0.422 e. The summed E-state index contributed by atoms with van der Waals surface area (Å²) in [6.07, 6.45) is -4.39. The second-order valence-electron chi connectivity index (χ2n) is 8.65. The van der Waals surface area contributed by atoms with E-state index in [1.807, 2.05) is 6.92 Å². The second kappa shape index (κ2) is 8.55. The van der Waals surface area contributed by atoms with Crippen molar-refractivity contribution in [1.29, 1.82) is 0 Å². The Balaban J connectivity index is 1.24. The minimum absolute atomic E-state index is 0.116. The van der Waals surface area contributed by atoms with Gasteiger partial charge in [-0.2, -0.15) is 18.3 Å². The monoisotopic (exact) mass is 499 g/mol. The van der Waals surface area contributed by atoms with Gasteiger partial charge in [0, 0.05) is 30.1 Å². The lowest BCUT2D eigenvalue weighted by Crippen LogP contribution is -2.39. The summed E-state index contributed by atoms with van der Waals surface area (Å²) in [7, 11) is 0. The molecule has 3 atom stereocenters. The molecule has 0 spiro atoms. The highest BCUT2D eigenvalue weighted by Crippen LogP contribution is 2.36. The number of aromatic amines is 1. The Morgan fingerprint density at radius 1 is 1.37 bits per heavy atom. The molecule has 3 aromatic rings. The van der Waals surface area contributed by atoms with Gasteiger partial charge in [-0.25, -0.2) is 18.7 Å². The standard InChI is InChI=1S/C20H21F4N7O4/c1-19(2-3-19)27-18(32)35-12-8-33-16(15(12)21)10-6-13(29-28-10)26-17-11-7-14(34-9-20(22,23)24)30-31(11)5-4-25-17/h4-7,12,15-16H,2-3,8-9H2,1H3,(H,27,32)(H2,25,26,28,29)/t12-,15+,16-/m0/s1. The maximum absolute atomic E-state index is 14.9. The third kappa shape index (κ3) is 5.23. The minimum atomic E-state index is -4.50. The third-order valence-corrected chi connectivity index (χ3v) is 5.65. The van der Waals surface area contributed by atoms with E-state index in [0.717, 1.165) is 12.8 Å². The number of carbonyl (C=O) groups is 1. The Morgan fingerprint density at radius 3 is 2.91 bits per heavy atom. The average Bonchev–Trinajstić information content (AvgIpc) is 3.14. The first-order chi connectivity index (χ1) is 16.6. The van der Waals surface area contributed by atoms with Gasteiger partial charge in [0.1, 0.15) is 11.6 Å². The van der Waals surface area contributed by atoms with Crippen LogP contribution >= 0.6 is 0 Å². The van der Waals surface area contributed by atoms with Crippen molar-refractivity contribution in [2.24, 2.45) is 0 Å². The van der Waals surface area contributed by atoms with Crippen LogP contribution in [-0.2, 0) is 9.47 Å². The number of rotatable bonds is 7. The predicted molar refractivity (Wildman–Crippen MR) is 111 cm³/mol. The fraction of sp³-hybridized carbons (Fsp3) is 0.500. The van der Waals surface area contributed by atoms with Crippen LogP contribution in [0.15, 0.2) is 24.5 Å². The SMILES string of the molecule is CC1(NC(=O)O[C@H]2CO[C@@H](c3cc(Nc4nccn5nc(OCC(F)(F)F)cc45)n[nH]3)[C@@H]2F)CC1. The zero-order valence-corrected chi connectivity index (χ0v) is 18.3. The minimum Gasteiger partial charge on any atom is -0.467 e. The molecule has 1 amide bonds. The molecule has 0 aromatic carbocycles. The third-order valence-electron chi connectivity index (χ3n) is 5.65. The van der Waals surface area contributed by atoms with Crippen molar-refractivity contribution in [3.63, 3.8) is 0 Å². The molecule has 35 heavy (non-hydrogen) atoms. The zero-order chi connectivity index (χ0) is 24.8. The van der Waals surface area contributed by atoms with Crippen LogP contribution in [0.3, 0.4) is 0 Å². The van der Waals surface area contributed by atoms with Crippen molar-refractivity contribution in [2.75, 3.05) is 18.5 Å². The molecule has 0 unspecified atom stereocenters. The Labute approximate surface area is 195 Å². The Hall–Kier alpha value is -3.62. The highest BCUT2D eigenvalue weighted by atomic mass is 19.4. The molecule has 188 valence electrons. The fourth-order valence-electron chi connectivity index (χ4n) is 3.55. The summed E-state index contributed by atoms with van der Waals surface area (Å²) in [5, 5.41) is 16.3. The van der Waals surface area contributed by atoms with Gasteiger partial charge in [-0.1, -0.05) is 0 Å². The van der Waals surface area contributed by atoms with Crippen LogP contribution in [0.25, 0.3) is 5.52 Å². The van der Waals surface area contributed by atoms with Gasteiger partial charge in [-0.15, -0.1) is 5.10 Å². The van der Waals surface area contributed by atoms with Crippen molar-refractivity contribution in [3.05, 3.63) is 30.2 Å². The lowest BCUT2D eigenvalue weighted by atomic mass is 10.1. The summed E-state index contributed by atoms with van der Waals surface area (Å²) in [6, 6.07) is 2.79. The molecule has 4 heterocycles. The van der Waals surface area contributed by atoms with Gasteiger partial charge in [-0.05, 0) is 19.8 Å². The van der Waals surface area contributed by atoms with Crippen molar-refractivity contribution in [3.8, 4) is 5.88 Å². The summed E-state index contributed by atoms with van der Waals surface area (Å²) in [6.45, 7) is 0.284. The number of ether oxygens (including phenoxy) is 3. The Morgan fingerprint density at radius 2 is 2.17 bits per heavy atom. The van der Waals surface area contributed by atoms with Gasteiger partial charge >= 0.3 is 12.3 Å². The number of amides is 1. The first-order valence-electron chi connectivity index (χ1n) is 10.7. The summed E-state index contributed by atoms with van der Waals surface area (Å²) in [5.74, 6) is 0.251. The number of hydrogen-bond donors (Lipinski definition) is 3. The molecule has 3 aromatic heterocycles. The van der Waals surface area contributed by atoms with Crippen LogP contribution in [-0.4, -0.2) is 68.1 Å². The van der Waals surface area contributed by atoms with E-state index in [1.54, 1.807) is 0 Å². The van der Waals surface area contributed by atoms with E-state index in [0.29, 0.717) is 11.2 Å². The van der Waals surface area contributed by atoms with Crippen molar-refractivity contribution in [1.82, 2.24) is 30.1 Å². The number of nitrogens with one attached hydrogen (secondary N) is 3. The maximum atomic E-state index is 14.9. The maximum Gasteiger partial charge on any atom is 0.422 e. The van der Waals surface area contributed by atoms with E-state index in [1.165, 1.54) is 29.0 Å². The first-order valence-corrected chi connectivity index (χ1v) is 10.7. The summed E-state index contributed by atoms with van der Waals surface area (Å²) in [5.41, 5.74) is 0.345. The highest BCUT2D eigenvalue weighted by Gasteiger charge is 2.44. The molecular formula is C20H21F4N7O4. The van der Waals surface area contributed by atoms with Gasteiger partial charge in [0.05, 0.1) is 12.3 Å². The predicted octanol–water partition coefficient (Wildman–Crippen LogP) is 3.19. The van der Waals surface area contributed by atoms with Crippen molar-refractivity contribution < 1.29 is 36.6 Å². The molecule has 1 saturated carbocycles. The molecule has 2 aliphatic rings. The Kier molecular flexibility index (Phi) is 5.65. The normalized spacial score (nSPS) is 23.3. The topological polar surface area (TPSA) is 128 Å². The molecule has 0 radical (unpaired) electrons. The number of hydrogen-bond acceptors (Lipinski definition) is 8. The number of anilines is 2. The lowest BCUT2D eigenvalue weighted by Gasteiger charge is -2.17. The van der Waals surface area contributed by atoms with Crippen LogP contribution in [0.1, 0.15) is 31.6 Å². The van der Waals surface area contributed by atoms with Gasteiger partial charge in [-0.3, -0.25) is 5.10 Å². The van der Waals surface area contributed by atoms with Crippen LogP contribution in [0.4, 0.5) is 34.0 Å². The summed E-state index contributed by atoms with van der Waals surface area (Å²) < 4.78 is 68.8. The summed E-state index contributed by atoms with van der Waals surface area (Å²) in [4.78, 5) is 16.1. The summed E-state index contributed by atoms with van der Waals surface area (Å²) >= 11 is 0. The lowest BCUT2D eigenvalue weighted by molar-refractivity contribution is -0.154. The largest absolute Gasteiger partial charge is 0.467 e. The van der Waals surface area contributed by atoms with E-state index in [9.17, 15) is 22.4 Å². The molecule has 1 saturated heterocycles. The van der Waals surface area contributed by atoms with Crippen LogP contribution in [0.5, 0.6) is 5.88 Å². The molecule has 2 fully saturated rings. The number of alkyl halides is 4. The van der Waals surface area contributed by atoms with Gasteiger partial charge in [0.15, 0.2) is 30.5 Å². The first kappa shape index (κ1) is 23.1. The molecule has 5 rings (SSSR count). The van der Waals surface area contributed by atoms with Crippen LogP contribution in [0.2, 0.25) is 0 Å². The molecule has 0 bridgehead atoms. The average molecular weight is 499 g/mol. The number of aromatic nitrogens is 5. The van der Waals surface area contributed by atoms with Crippen LogP contribution < -0.4 is 15.4 Å². The molecular weight excluding hydrogens is 478 g/mol. The Bertz CT molecular complexity index is 1230. The number of halogens is 4. The van der Waals surface area contributed by atoms with Gasteiger partial charge in [0.25, 0.3) is 0 Å². The molecule has 1 aliphatic heterocycles. The fourth-order valence-corrected chi connectivity index (χ4v) is 3.55. The number of carbonyl (C=O) groups excluding carboxylic acids is 1. The second-order valence-corrected chi connectivity index (χ2v) is 8.65. The van der Waals surface area contributed by atoms with E-state index in [-0.39, 0.29) is 29.7 Å². The number of H-pyrrole nitrogens is 1. The molecule has 11 nitrogen and oxygen atoms in total. The van der Waals surface area contributed by atoms with Crippen LogP contribution in [0, 0.1) is 0 Å². The van der Waals surface area contributed by atoms with Crippen molar-refractivity contribution >= 4 is 23.2 Å². The number of alkyl carbamates (subject to hydrolysis) is 1. The van der Waals surface area contributed by atoms with E-state index >= 15 is 0 Å². The number of fused-ring (bicyclic) bond motifs is 1. The molecule has 1 aliphatic carbocycles. The highest BCUT2D eigenvalue weighted by molar-refractivity contribution is 5.73. The van der Waals surface area contributed by atoms with E-state index in [2.05, 4.69) is 35.7 Å². The van der Waals surface area contributed by atoms with E-state index in [4.69, 9.17) is 9.47 Å². The van der Waals surface area contributed by atoms with Gasteiger partial charge in [0.2, 0.25) is 5.88 Å². The van der Waals surface area contributed by atoms with E-state index < -0.39 is 37.3 Å². The quantitative estimate of drug-likeness (QED) is 0.423. The molecule has 15 heteroatoms. The molecule has 3 N–H and O–H groups in total. The zero-order valence-electron chi connectivity index (χ0n) is 18.3. The number of nitrogens with zero attached hydrogens (tertiary/aromatic N) is 4. The van der Waals surface area contributed by atoms with Crippen molar-refractivity contribution in [2.45, 2.75) is 49.9 Å². The van der Waals surface area contributed by atoms with Gasteiger partial charge < -0.3 is 24.8 Å².